The molecular formula is C22H14ClN3O. The lowest BCUT2D eigenvalue weighted by Gasteiger charge is -2.36. The second-order valence-electron chi connectivity index (χ2n) is 6.99. The van der Waals surface area contributed by atoms with E-state index < -0.39 is 5.54 Å². The van der Waals surface area contributed by atoms with E-state index in [0.717, 1.165) is 44.7 Å². The quantitative estimate of drug-likeness (QED) is 0.402. The van der Waals surface area contributed by atoms with E-state index in [1.54, 1.807) is 6.07 Å². The smallest absolute Gasteiger partial charge is 0.259 e. The lowest BCUT2D eigenvalue weighted by molar-refractivity contribution is -0.118. The van der Waals surface area contributed by atoms with Crippen molar-refractivity contribution in [1.29, 1.82) is 0 Å². The number of aromatic nitrogens is 1. The molecule has 2 aliphatic rings. The van der Waals surface area contributed by atoms with Gasteiger partial charge in [0.05, 0.1) is 5.69 Å². The fourth-order valence-corrected chi connectivity index (χ4v) is 4.63. The highest BCUT2D eigenvalue weighted by Crippen LogP contribution is 2.53. The monoisotopic (exact) mass is 371 g/mol. The molecular weight excluding hydrogens is 358 g/mol. The van der Waals surface area contributed by atoms with E-state index in [1.165, 1.54) is 0 Å². The molecule has 3 N–H and O–H groups in total. The number of benzene rings is 3. The van der Waals surface area contributed by atoms with Gasteiger partial charge in [-0.2, -0.15) is 0 Å². The van der Waals surface area contributed by atoms with E-state index in [-0.39, 0.29) is 5.91 Å². The average molecular weight is 372 g/mol. The van der Waals surface area contributed by atoms with E-state index in [0.29, 0.717) is 5.02 Å². The highest BCUT2D eigenvalue weighted by molar-refractivity contribution is 6.31. The van der Waals surface area contributed by atoms with Crippen LogP contribution >= 0.6 is 11.6 Å². The molecule has 5 heteroatoms. The Bertz CT molecular complexity index is 1280. The molecule has 0 unspecified atom stereocenters. The van der Waals surface area contributed by atoms with E-state index >= 15 is 0 Å². The minimum Gasteiger partial charge on any atom is -0.363 e. The van der Waals surface area contributed by atoms with Crippen LogP contribution in [-0.2, 0) is 10.3 Å². The van der Waals surface area contributed by atoms with E-state index in [4.69, 9.17) is 11.6 Å². The Morgan fingerprint density at radius 3 is 2.63 bits per heavy atom. The molecule has 1 aromatic heterocycles. The van der Waals surface area contributed by atoms with Gasteiger partial charge in [0.1, 0.15) is 0 Å². The molecule has 1 amide bonds. The van der Waals surface area contributed by atoms with Crippen LogP contribution < -0.4 is 10.6 Å². The molecule has 3 heterocycles. The summed E-state index contributed by atoms with van der Waals surface area (Å²) in [5.41, 5.74) is 5.49. The molecule has 1 atom stereocenters. The Hall–Kier alpha value is -3.24. The third-order valence-corrected chi connectivity index (χ3v) is 5.81. The van der Waals surface area contributed by atoms with Gasteiger partial charge in [-0.1, -0.05) is 48.0 Å². The van der Waals surface area contributed by atoms with Crippen LogP contribution in [0.25, 0.3) is 22.2 Å². The van der Waals surface area contributed by atoms with Crippen LogP contribution in [0.5, 0.6) is 0 Å². The molecule has 0 saturated carbocycles. The number of carbonyl (C=O) groups is 1. The Kier molecular flexibility index (Phi) is 2.72. The van der Waals surface area contributed by atoms with Crippen LogP contribution in [-0.4, -0.2) is 10.9 Å². The molecule has 0 radical (unpaired) electrons. The molecule has 4 nitrogen and oxygen atoms in total. The van der Waals surface area contributed by atoms with E-state index in [9.17, 15) is 4.79 Å². The molecule has 27 heavy (non-hydrogen) atoms. The van der Waals surface area contributed by atoms with Gasteiger partial charge in [-0.15, -0.1) is 0 Å². The van der Waals surface area contributed by atoms with Crippen molar-refractivity contribution < 1.29 is 4.79 Å². The summed E-state index contributed by atoms with van der Waals surface area (Å²) >= 11 is 6.32. The molecule has 1 spiro atoms. The maximum Gasteiger partial charge on any atom is 0.259 e. The largest absolute Gasteiger partial charge is 0.363 e. The van der Waals surface area contributed by atoms with Crippen LogP contribution in [0.3, 0.4) is 0 Å². The Balaban J connectivity index is 1.80. The average Bonchev–Trinajstić information content (AvgIpc) is 3.20. The molecule has 3 aromatic carbocycles. The normalized spacial score (nSPS) is 19.4. The Morgan fingerprint density at radius 2 is 1.70 bits per heavy atom. The van der Waals surface area contributed by atoms with E-state index in [1.807, 2.05) is 48.5 Å². The highest BCUT2D eigenvalue weighted by atomic mass is 35.5. The number of nitrogens with one attached hydrogen (secondary N) is 3. The number of hydrogen-bond donors (Lipinski definition) is 3. The fraction of sp³-hybridized carbons (Fsp3) is 0.0455. The van der Waals surface area contributed by atoms with Gasteiger partial charge >= 0.3 is 0 Å². The lowest BCUT2D eigenvalue weighted by atomic mass is 9.78. The number of hydrogen-bond acceptors (Lipinski definition) is 2. The zero-order valence-corrected chi connectivity index (χ0v) is 14.9. The second kappa shape index (κ2) is 4.93. The summed E-state index contributed by atoms with van der Waals surface area (Å²) in [6.45, 7) is 0. The first-order valence-electron chi connectivity index (χ1n) is 8.79. The third-order valence-electron chi connectivity index (χ3n) is 5.57. The van der Waals surface area contributed by atoms with Crippen molar-refractivity contribution in [3.8, 4) is 11.3 Å². The number of anilines is 2. The minimum absolute atomic E-state index is 0.0970. The molecule has 0 aliphatic carbocycles. The van der Waals surface area contributed by atoms with Gasteiger partial charge in [-0.3, -0.25) is 4.79 Å². The van der Waals surface area contributed by atoms with Crippen molar-refractivity contribution in [2.24, 2.45) is 0 Å². The zero-order valence-electron chi connectivity index (χ0n) is 14.1. The first kappa shape index (κ1) is 14.9. The maximum atomic E-state index is 13.4. The number of carbonyl (C=O) groups excluding carboxylic acids is 1. The lowest BCUT2D eigenvalue weighted by Crippen LogP contribution is -2.45. The second-order valence-corrected chi connectivity index (χ2v) is 7.42. The summed E-state index contributed by atoms with van der Waals surface area (Å²) in [6, 6.07) is 21.7. The van der Waals surface area contributed by atoms with Crippen molar-refractivity contribution in [3.05, 3.63) is 82.9 Å². The number of halogens is 1. The van der Waals surface area contributed by atoms with Gasteiger partial charge in [-0.05, 0) is 30.3 Å². The minimum atomic E-state index is -1.02. The first-order chi connectivity index (χ1) is 13.2. The summed E-state index contributed by atoms with van der Waals surface area (Å²) in [5.74, 6) is -0.0970. The third kappa shape index (κ3) is 1.76. The fourth-order valence-electron chi connectivity index (χ4n) is 4.45. The van der Waals surface area contributed by atoms with Crippen molar-refractivity contribution >= 4 is 39.8 Å². The van der Waals surface area contributed by atoms with Gasteiger partial charge in [0.2, 0.25) is 0 Å². The van der Waals surface area contributed by atoms with Crippen LogP contribution in [0.2, 0.25) is 5.02 Å². The molecule has 0 fully saturated rings. The Labute approximate surface area is 160 Å². The molecule has 0 bridgehead atoms. The van der Waals surface area contributed by atoms with E-state index in [2.05, 4.69) is 27.8 Å². The van der Waals surface area contributed by atoms with Gasteiger partial charge in [0.15, 0.2) is 5.54 Å². The van der Waals surface area contributed by atoms with Crippen LogP contribution in [0.15, 0.2) is 66.7 Å². The molecule has 0 saturated heterocycles. The van der Waals surface area contributed by atoms with Crippen molar-refractivity contribution in [2.75, 3.05) is 10.6 Å². The maximum absolute atomic E-state index is 13.4. The van der Waals surface area contributed by atoms with Crippen LogP contribution in [0.4, 0.5) is 11.4 Å². The first-order valence-corrected chi connectivity index (χ1v) is 9.16. The summed E-state index contributed by atoms with van der Waals surface area (Å²) in [7, 11) is 0. The van der Waals surface area contributed by atoms with Crippen molar-refractivity contribution in [3.63, 3.8) is 0 Å². The summed E-state index contributed by atoms with van der Waals surface area (Å²) in [5, 5.41) is 8.22. The van der Waals surface area contributed by atoms with Gasteiger partial charge < -0.3 is 15.6 Å². The molecule has 4 aromatic rings. The topological polar surface area (TPSA) is 56.9 Å². The molecule has 6 rings (SSSR count). The van der Waals surface area contributed by atoms with Crippen molar-refractivity contribution in [2.45, 2.75) is 5.54 Å². The van der Waals surface area contributed by atoms with Gasteiger partial charge in [0, 0.05) is 44.0 Å². The number of H-pyrrole nitrogens is 1. The summed E-state index contributed by atoms with van der Waals surface area (Å²) < 4.78 is 0. The predicted molar refractivity (Wildman–Crippen MR) is 108 cm³/mol. The number of aromatic amines is 1. The summed E-state index contributed by atoms with van der Waals surface area (Å²) in [6.07, 6.45) is 0. The van der Waals surface area contributed by atoms with Crippen LogP contribution in [0, 0.1) is 0 Å². The molecule has 2 aliphatic heterocycles. The Morgan fingerprint density at radius 1 is 0.889 bits per heavy atom. The van der Waals surface area contributed by atoms with Gasteiger partial charge in [-0.25, -0.2) is 0 Å². The number of amides is 1. The summed E-state index contributed by atoms with van der Waals surface area (Å²) in [4.78, 5) is 16.9. The molecule has 130 valence electrons. The van der Waals surface area contributed by atoms with Crippen molar-refractivity contribution in [1.82, 2.24) is 4.98 Å². The number of rotatable bonds is 0. The SMILES string of the molecule is O=C1Nc2ccc(Cl)cc2[C@@]12Nc1ccccc1-c1[nH]c3ccccc3c12. The van der Waals surface area contributed by atoms with Gasteiger partial charge in [0.25, 0.3) is 5.91 Å². The zero-order chi connectivity index (χ0) is 18.2. The number of para-hydroxylation sites is 2. The number of fused-ring (bicyclic) bond motifs is 8. The standard InChI is InChI=1S/C22H14ClN3O/c23-12-9-10-18-15(11-12)22(21(27)25-18)19-13-5-1-3-7-16(13)24-20(19)14-6-2-4-8-17(14)26-22/h1-11,24,26H,(H,25,27)/t22-/m0/s1. The highest BCUT2D eigenvalue weighted by Gasteiger charge is 2.53. The predicted octanol–water partition coefficient (Wildman–Crippen LogP) is 5.11. The van der Waals surface area contributed by atoms with Crippen LogP contribution in [0.1, 0.15) is 11.1 Å².